The molecule has 1 aliphatic rings. The molecule has 8 heteroatoms. The predicted octanol–water partition coefficient (Wildman–Crippen LogP) is 6.19. The Morgan fingerprint density at radius 1 is 0.971 bits per heavy atom. The van der Waals surface area contributed by atoms with Gasteiger partial charge in [-0.2, -0.15) is 4.98 Å². The van der Waals surface area contributed by atoms with Crippen molar-refractivity contribution in [2.45, 2.75) is 26.4 Å². The van der Waals surface area contributed by atoms with Gasteiger partial charge in [0.2, 0.25) is 5.82 Å². The number of allylic oxidation sites excluding steroid dienone is 1. The Bertz CT molecular complexity index is 1430. The molecule has 0 saturated carbocycles. The fraction of sp³-hybridized carbons (Fsp3) is 0.148. The van der Waals surface area contributed by atoms with Crippen LogP contribution in [0, 0.1) is 18.6 Å². The Morgan fingerprint density at radius 2 is 1.74 bits per heavy atom. The molecular formula is C27H22F2N4OS. The molecule has 0 radical (unpaired) electrons. The first-order valence-electron chi connectivity index (χ1n) is 11.1. The van der Waals surface area contributed by atoms with Gasteiger partial charge >= 0.3 is 0 Å². The van der Waals surface area contributed by atoms with Gasteiger partial charge in [0.25, 0.3) is 5.89 Å². The lowest BCUT2D eigenvalue weighted by molar-refractivity contribution is 0.396. The Morgan fingerprint density at radius 3 is 2.49 bits per heavy atom. The van der Waals surface area contributed by atoms with Gasteiger partial charge in [0.1, 0.15) is 11.6 Å². The molecule has 0 saturated heterocycles. The summed E-state index contributed by atoms with van der Waals surface area (Å²) in [5, 5.41) is 7.99. The minimum atomic E-state index is -0.433. The average molecular weight is 489 g/mol. The molecule has 4 aromatic rings. The Kier molecular flexibility index (Phi) is 6.13. The highest BCUT2D eigenvalue weighted by Crippen LogP contribution is 2.38. The standard InChI is InChI=1S/C27H22F2N4OS/c1-16-5-3-6-18(13-16)15-33-17(2)23(24(30-27(33)35)19-9-11-21(28)12-10-19)26-31-25(32-34-26)20-7-4-8-22(29)14-20/h3-14,24H,15H2,1-2H3,(H,30,35). The van der Waals surface area contributed by atoms with E-state index < -0.39 is 6.04 Å². The fourth-order valence-electron chi connectivity index (χ4n) is 4.22. The third-order valence-electron chi connectivity index (χ3n) is 5.96. The van der Waals surface area contributed by atoms with E-state index in [1.54, 1.807) is 24.3 Å². The van der Waals surface area contributed by atoms with Gasteiger partial charge in [-0.1, -0.05) is 59.3 Å². The monoisotopic (exact) mass is 488 g/mol. The lowest BCUT2D eigenvalue weighted by atomic mass is 9.94. The van der Waals surface area contributed by atoms with Crippen molar-refractivity contribution in [2.24, 2.45) is 0 Å². The van der Waals surface area contributed by atoms with E-state index in [0.29, 0.717) is 22.8 Å². The van der Waals surface area contributed by atoms with Crippen molar-refractivity contribution in [2.75, 3.05) is 0 Å². The van der Waals surface area contributed by atoms with Crippen molar-refractivity contribution in [3.8, 4) is 11.4 Å². The summed E-state index contributed by atoms with van der Waals surface area (Å²) in [5.74, 6) is -0.166. The summed E-state index contributed by atoms with van der Waals surface area (Å²) in [4.78, 5) is 6.56. The first-order valence-corrected chi connectivity index (χ1v) is 11.5. The molecule has 0 bridgehead atoms. The van der Waals surface area contributed by atoms with Gasteiger partial charge in [-0.05, 0) is 61.5 Å². The topological polar surface area (TPSA) is 54.2 Å². The van der Waals surface area contributed by atoms with E-state index in [1.165, 1.54) is 24.3 Å². The van der Waals surface area contributed by atoms with Gasteiger partial charge in [0, 0.05) is 17.8 Å². The van der Waals surface area contributed by atoms with Crippen molar-refractivity contribution in [3.63, 3.8) is 0 Å². The molecule has 1 unspecified atom stereocenters. The molecule has 5 rings (SSSR count). The van der Waals surface area contributed by atoms with Crippen LogP contribution in [0.5, 0.6) is 0 Å². The Hall–Kier alpha value is -3.91. The number of nitrogens with zero attached hydrogens (tertiary/aromatic N) is 3. The Balaban J connectivity index is 1.60. The number of rotatable bonds is 5. The third kappa shape index (κ3) is 4.70. The molecule has 2 heterocycles. The molecule has 0 spiro atoms. The number of aryl methyl sites for hydroxylation is 1. The SMILES string of the molecule is CC1=C(c2nc(-c3cccc(F)c3)no2)C(c2ccc(F)cc2)NC(=S)N1Cc1cccc(C)c1. The molecule has 1 atom stereocenters. The molecule has 35 heavy (non-hydrogen) atoms. The van der Waals surface area contributed by atoms with Crippen molar-refractivity contribution in [3.05, 3.63) is 113 Å². The lowest BCUT2D eigenvalue weighted by Crippen LogP contribution is -2.45. The van der Waals surface area contributed by atoms with Gasteiger partial charge in [0.15, 0.2) is 5.11 Å². The maximum Gasteiger partial charge on any atom is 0.258 e. The number of aromatic nitrogens is 2. The lowest BCUT2D eigenvalue weighted by Gasteiger charge is -2.37. The Labute approximate surface area is 207 Å². The highest BCUT2D eigenvalue weighted by Gasteiger charge is 2.34. The van der Waals surface area contributed by atoms with Crippen LogP contribution in [0.15, 0.2) is 83.0 Å². The number of benzene rings is 3. The van der Waals surface area contributed by atoms with Crippen molar-refractivity contribution in [1.29, 1.82) is 0 Å². The maximum absolute atomic E-state index is 13.8. The molecule has 0 amide bonds. The van der Waals surface area contributed by atoms with Crippen LogP contribution in [0.2, 0.25) is 0 Å². The first-order chi connectivity index (χ1) is 16.9. The minimum absolute atomic E-state index is 0.274. The van der Waals surface area contributed by atoms with Gasteiger partial charge < -0.3 is 14.7 Å². The van der Waals surface area contributed by atoms with E-state index >= 15 is 0 Å². The second-order valence-electron chi connectivity index (χ2n) is 8.44. The largest absolute Gasteiger partial charge is 0.351 e. The van der Waals surface area contributed by atoms with E-state index in [0.717, 1.165) is 22.4 Å². The molecule has 5 nitrogen and oxygen atoms in total. The summed E-state index contributed by atoms with van der Waals surface area (Å²) in [6, 6.07) is 20.0. The molecule has 1 aliphatic heterocycles. The summed E-state index contributed by atoms with van der Waals surface area (Å²) in [7, 11) is 0. The summed E-state index contributed by atoms with van der Waals surface area (Å²) in [6.45, 7) is 4.53. The van der Waals surface area contributed by atoms with Crippen LogP contribution in [-0.4, -0.2) is 20.2 Å². The van der Waals surface area contributed by atoms with Gasteiger partial charge in [-0.15, -0.1) is 0 Å². The normalized spacial score (nSPS) is 15.9. The zero-order valence-corrected chi connectivity index (χ0v) is 19.9. The molecule has 0 aliphatic carbocycles. The van der Waals surface area contributed by atoms with E-state index in [9.17, 15) is 8.78 Å². The fourth-order valence-corrected chi connectivity index (χ4v) is 4.54. The number of hydrogen-bond acceptors (Lipinski definition) is 4. The second-order valence-corrected chi connectivity index (χ2v) is 8.83. The molecule has 176 valence electrons. The molecular weight excluding hydrogens is 466 g/mol. The smallest absolute Gasteiger partial charge is 0.258 e. The number of nitrogens with one attached hydrogen (secondary N) is 1. The molecule has 0 fully saturated rings. The number of thiocarbonyl (C=S) groups is 1. The third-order valence-corrected chi connectivity index (χ3v) is 6.30. The second kappa shape index (κ2) is 9.38. The summed E-state index contributed by atoms with van der Waals surface area (Å²) >= 11 is 5.74. The number of hydrogen-bond donors (Lipinski definition) is 1. The molecule has 3 aromatic carbocycles. The van der Waals surface area contributed by atoms with E-state index in [1.807, 2.05) is 36.9 Å². The van der Waals surface area contributed by atoms with Gasteiger partial charge in [-0.25, -0.2) is 8.78 Å². The molecule has 1 aromatic heterocycles. The quantitative estimate of drug-likeness (QED) is 0.338. The predicted molar refractivity (Wildman–Crippen MR) is 134 cm³/mol. The zero-order chi connectivity index (χ0) is 24.5. The van der Waals surface area contributed by atoms with Crippen molar-refractivity contribution in [1.82, 2.24) is 20.4 Å². The van der Waals surface area contributed by atoms with Crippen molar-refractivity contribution < 1.29 is 13.3 Å². The van der Waals surface area contributed by atoms with E-state index in [4.69, 9.17) is 16.7 Å². The van der Waals surface area contributed by atoms with Crippen LogP contribution in [0.3, 0.4) is 0 Å². The van der Waals surface area contributed by atoms with Crippen LogP contribution in [0.1, 0.15) is 35.5 Å². The maximum atomic E-state index is 13.8. The van der Waals surface area contributed by atoms with Gasteiger partial charge in [-0.3, -0.25) is 0 Å². The van der Waals surface area contributed by atoms with Crippen LogP contribution in [0.4, 0.5) is 8.78 Å². The highest BCUT2D eigenvalue weighted by molar-refractivity contribution is 7.80. The van der Waals surface area contributed by atoms with Crippen molar-refractivity contribution >= 4 is 22.9 Å². The van der Waals surface area contributed by atoms with Crippen LogP contribution < -0.4 is 5.32 Å². The van der Waals surface area contributed by atoms with E-state index in [2.05, 4.69) is 21.5 Å². The minimum Gasteiger partial charge on any atom is -0.351 e. The zero-order valence-electron chi connectivity index (χ0n) is 19.1. The first kappa shape index (κ1) is 22.9. The summed E-state index contributed by atoms with van der Waals surface area (Å²) in [5.41, 5.74) is 5.10. The van der Waals surface area contributed by atoms with Crippen LogP contribution in [0.25, 0.3) is 17.0 Å². The van der Waals surface area contributed by atoms with Crippen LogP contribution in [-0.2, 0) is 6.54 Å². The number of halogens is 2. The van der Waals surface area contributed by atoms with Crippen LogP contribution >= 0.6 is 12.2 Å². The summed E-state index contributed by atoms with van der Waals surface area (Å²) in [6.07, 6.45) is 0. The molecule has 1 N–H and O–H groups in total. The van der Waals surface area contributed by atoms with Gasteiger partial charge in [0.05, 0.1) is 11.6 Å². The van der Waals surface area contributed by atoms with E-state index in [-0.39, 0.29) is 23.3 Å². The highest BCUT2D eigenvalue weighted by atomic mass is 32.1. The average Bonchev–Trinajstić information content (AvgIpc) is 3.32. The summed E-state index contributed by atoms with van der Waals surface area (Å²) < 4.78 is 33.1.